The van der Waals surface area contributed by atoms with Crippen molar-refractivity contribution in [1.82, 2.24) is 0 Å². The molecule has 0 aliphatic heterocycles. The van der Waals surface area contributed by atoms with Crippen LogP contribution in [0.1, 0.15) is 40.1 Å². The molecule has 2 aromatic rings. The Kier molecular flexibility index (Phi) is 5.54. The number of ketones is 1. The first-order valence-electron chi connectivity index (χ1n) is 7.70. The maximum absolute atomic E-state index is 12.4. The van der Waals surface area contributed by atoms with Gasteiger partial charge in [0.1, 0.15) is 11.3 Å². The molecule has 1 atom stereocenters. The summed E-state index contributed by atoms with van der Waals surface area (Å²) in [6.07, 6.45) is -1.01. The molecule has 0 unspecified atom stereocenters. The number of esters is 1. The lowest BCUT2D eigenvalue weighted by Crippen LogP contribution is -2.24. The van der Waals surface area contributed by atoms with Crippen LogP contribution in [-0.2, 0) is 9.53 Å². The minimum atomic E-state index is -1.01. The van der Waals surface area contributed by atoms with Gasteiger partial charge in [-0.15, -0.1) is 0 Å². The Bertz CT molecular complexity index is 811. The van der Waals surface area contributed by atoms with E-state index in [-0.39, 0.29) is 23.0 Å². The van der Waals surface area contributed by atoms with Crippen LogP contribution in [0.3, 0.4) is 0 Å². The summed E-state index contributed by atoms with van der Waals surface area (Å²) in [6.45, 7) is 4.64. The molecule has 130 valence electrons. The quantitative estimate of drug-likeness (QED) is 0.644. The average molecular weight is 341 g/mol. The standard InChI is InChI=1S/C19H19NO5/c1-11-4-9-16(17(22)10-11)19(24)25-12(2)18(23)14-5-7-15(8-6-14)20-13(3)21/h4-10,12,22H,1-3H3,(H,20,21)/t12-/m1/s1. The van der Waals surface area contributed by atoms with Gasteiger partial charge in [0.2, 0.25) is 11.7 Å². The molecule has 6 nitrogen and oxygen atoms in total. The SMILES string of the molecule is CC(=O)Nc1ccc(C(=O)[C@@H](C)OC(=O)c2ccc(C)cc2O)cc1. The lowest BCUT2D eigenvalue weighted by atomic mass is 10.1. The molecule has 0 bridgehead atoms. The van der Waals surface area contributed by atoms with Crippen LogP contribution in [0.15, 0.2) is 42.5 Å². The van der Waals surface area contributed by atoms with Crippen LogP contribution in [0.25, 0.3) is 0 Å². The number of Topliss-reactive ketones (excluding diaryl/α,β-unsaturated/α-hetero) is 1. The fraction of sp³-hybridized carbons (Fsp3) is 0.211. The molecule has 25 heavy (non-hydrogen) atoms. The van der Waals surface area contributed by atoms with Gasteiger partial charge < -0.3 is 15.2 Å². The van der Waals surface area contributed by atoms with Crippen molar-refractivity contribution in [3.63, 3.8) is 0 Å². The number of rotatable bonds is 5. The van der Waals surface area contributed by atoms with Gasteiger partial charge in [-0.2, -0.15) is 0 Å². The Morgan fingerprint density at radius 3 is 2.28 bits per heavy atom. The summed E-state index contributed by atoms with van der Waals surface area (Å²) < 4.78 is 5.15. The number of amides is 1. The molecule has 0 aromatic heterocycles. The zero-order valence-corrected chi connectivity index (χ0v) is 14.2. The first kappa shape index (κ1) is 18.2. The normalized spacial score (nSPS) is 11.5. The number of benzene rings is 2. The van der Waals surface area contributed by atoms with Gasteiger partial charge >= 0.3 is 5.97 Å². The molecule has 6 heteroatoms. The lowest BCUT2D eigenvalue weighted by Gasteiger charge is -2.13. The van der Waals surface area contributed by atoms with E-state index in [1.54, 1.807) is 37.3 Å². The van der Waals surface area contributed by atoms with Crippen LogP contribution < -0.4 is 5.32 Å². The third kappa shape index (κ3) is 4.67. The molecule has 0 aliphatic rings. The van der Waals surface area contributed by atoms with Crippen molar-refractivity contribution in [3.05, 3.63) is 59.2 Å². The molecule has 0 heterocycles. The van der Waals surface area contributed by atoms with E-state index in [4.69, 9.17) is 4.74 Å². The van der Waals surface area contributed by atoms with Crippen molar-refractivity contribution in [2.24, 2.45) is 0 Å². The number of carbonyl (C=O) groups excluding carboxylic acids is 3. The van der Waals surface area contributed by atoms with E-state index in [2.05, 4.69) is 5.32 Å². The van der Waals surface area contributed by atoms with Crippen molar-refractivity contribution in [2.45, 2.75) is 26.9 Å². The number of hydrogen-bond acceptors (Lipinski definition) is 5. The maximum Gasteiger partial charge on any atom is 0.342 e. The Hall–Kier alpha value is -3.15. The molecule has 0 spiro atoms. The zero-order valence-electron chi connectivity index (χ0n) is 14.2. The van der Waals surface area contributed by atoms with Gasteiger partial charge in [-0.3, -0.25) is 9.59 Å². The van der Waals surface area contributed by atoms with E-state index in [9.17, 15) is 19.5 Å². The molecule has 0 radical (unpaired) electrons. The van der Waals surface area contributed by atoms with Crippen LogP contribution in [-0.4, -0.2) is 28.9 Å². The second kappa shape index (κ2) is 7.61. The van der Waals surface area contributed by atoms with Crippen LogP contribution in [0, 0.1) is 6.92 Å². The van der Waals surface area contributed by atoms with E-state index in [1.165, 1.54) is 26.0 Å². The van der Waals surface area contributed by atoms with Gasteiger partial charge in [-0.05, 0) is 55.8 Å². The Morgan fingerprint density at radius 1 is 1.08 bits per heavy atom. The summed E-state index contributed by atoms with van der Waals surface area (Å²) in [5.41, 5.74) is 1.73. The minimum Gasteiger partial charge on any atom is -0.507 e. The molecule has 1 amide bonds. The third-order valence-electron chi connectivity index (χ3n) is 3.52. The van der Waals surface area contributed by atoms with Crippen LogP contribution in [0.5, 0.6) is 5.75 Å². The molecule has 2 aromatic carbocycles. The summed E-state index contributed by atoms with van der Waals surface area (Å²) in [4.78, 5) is 35.5. The van der Waals surface area contributed by atoms with Gasteiger partial charge in [-0.1, -0.05) is 6.07 Å². The number of anilines is 1. The van der Waals surface area contributed by atoms with Crippen LogP contribution in [0.2, 0.25) is 0 Å². The van der Waals surface area contributed by atoms with Gasteiger partial charge in [0.05, 0.1) is 0 Å². The largest absolute Gasteiger partial charge is 0.507 e. The second-order valence-electron chi connectivity index (χ2n) is 5.69. The predicted molar refractivity (Wildman–Crippen MR) is 92.8 cm³/mol. The first-order chi connectivity index (χ1) is 11.8. The highest BCUT2D eigenvalue weighted by atomic mass is 16.5. The molecule has 0 fully saturated rings. The number of phenols is 1. The highest BCUT2D eigenvalue weighted by Crippen LogP contribution is 2.20. The molecular weight excluding hydrogens is 322 g/mol. The van der Waals surface area contributed by atoms with Crippen molar-refractivity contribution in [2.75, 3.05) is 5.32 Å². The highest BCUT2D eigenvalue weighted by Gasteiger charge is 2.22. The number of aromatic hydroxyl groups is 1. The van der Waals surface area contributed by atoms with E-state index < -0.39 is 12.1 Å². The molecule has 2 N–H and O–H groups in total. The number of aryl methyl sites for hydroxylation is 1. The van der Waals surface area contributed by atoms with Crippen molar-refractivity contribution < 1.29 is 24.2 Å². The summed E-state index contributed by atoms with van der Waals surface area (Å²) in [7, 11) is 0. The number of hydrogen-bond donors (Lipinski definition) is 2. The smallest absolute Gasteiger partial charge is 0.342 e. The van der Waals surface area contributed by atoms with Crippen molar-refractivity contribution >= 4 is 23.3 Å². The fourth-order valence-electron chi connectivity index (χ4n) is 2.25. The molecule has 2 rings (SSSR count). The molecule has 0 saturated carbocycles. The number of carbonyl (C=O) groups is 3. The Balaban J connectivity index is 2.06. The monoisotopic (exact) mass is 341 g/mol. The lowest BCUT2D eigenvalue weighted by molar-refractivity contribution is -0.114. The topological polar surface area (TPSA) is 92.7 Å². The Morgan fingerprint density at radius 2 is 1.72 bits per heavy atom. The number of phenolic OH excluding ortho intramolecular Hbond substituents is 1. The maximum atomic E-state index is 12.4. The van der Waals surface area contributed by atoms with Crippen LogP contribution >= 0.6 is 0 Å². The summed E-state index contributed by atoms with van der Waals surface area (Å²) in [5, 5.41) is 12.4. The van der Waals surface area contributed by atoms with E-state index in [0.29, 0.717) is 11.3 Å². The Labute approximate surface area is 145 Å². The summed E-state index contributed by atoms with van der Waals surface area (Å²) in [5.74, 6) is -1.55. The van der Waals surface area contributed by atoms with Crippen molar-refractivity contribution in [1.29, 1.82) is 0 Å². The predicted octanol–water partition coefficient (Wildman–Crippen LogP) is 3.09. The van der Waals surface area contributed by atoms with E-state index >= 15 is 0 Å². The van der Waals surface area contributed by atoms with Gasteiger partial charge in [-0.25, -0.2) is 4.79 Å². The molecule has 0 saturated heterocycles. The average Bonchev–Trinajstić information content (AvgIpc) is 2.54. The number of nitrogens with one attached hydrogen (secondary N) is 1. The number of ether oxygens (including phenoxy) is 1. The highest BCUT2D eigenvalue weighted by molar-refractivity contribution is 6.02. The summed E-state index contributed by atoms with van der Waals surface area (Å²) >= 11 is 0. The fourth-order valence-corrected chi connectivity index (χ4v) is 2.25. The van der Waals surface area contributed by atoms with Gasteiger partial charge in [0.15, 0.2) is 6.10 Å². The summed E-state index contributed by atoms with van der Waals surface area (Å²) in [6, 6.07) is 10.8. The zero-order chi connectivity index (χ0) is 18.6. The van der Waals surface area contributed by atoms with Crippen LogP contribution in [0.4, 0.5) is 5.69 Å². The van der Waals surface area contributed by atoms with Crippen molar-refractivity contribution in [3.8, 4) is 5.75 Å². The molecule has 0 aliphatic carbocycles. The van der Waals surface area contributed by atoms with Gasteiger partial charge in [0, 0.05) is 18.2 Å². The third-order valence-corrected chi connectivity index (χ3v) is 3.52. The molecular formula is C19H19NO5. The first-order valence-corrected chi connectivity index (χ1v) is 7.70. The van der Waals surface area contributed by atoms with E-state index in [0.717, 1.165) is 5.56 Å². The van der Waals surface area contributed by atoms with E-state index in [1.807, 2.05) is 0 Å². The van der Waals surface area contributed by atoms with Gasteiger partial charge in [0.25, 0.3) is 0 Å². The minimum absolute atomic E-state index is 0.00579. The second-order valence-corrected chi connectivity index (χ2v) is 5.69.